The van der Waals surface area contributed by atoms with Gasteiger partial charge in [-0.15, -0.1) is 0 Å². The molecule has 1 atom stereocenters. The van der Waals surface area contributed by atoms with Gasteiger partial charge in [-0.05, 0) is 46.1 Å². The van der Waals surface area contributed by atoms with Crippen molar-refractivity contribution >= 4 is 9.84 Å². The molecule has 0 radical (unpaired) electrons. The Bertz CT molecular complexity index is 470. The minimum atomic E-state index is -2.85. The van der Waals surface area contributed by atoms with E-state index in [9.17, 15) is 8.42 Å². The highest BCUT2D eigenvalue weighted by molar-refractivity contribution is 7.90. The highest BCUT2D eigenvalue weighted by Crippen LogP contribution is 2.41. The van der Waals surface area contributed by atoms with Crippen LogP contribution in [0.2, 0.25) is 0 Å². The highest BCUT2D eigenvalue weighted by Gasteiger charge is 2.46. The molecular formula is C15H27NO3S. The monoisotopic (exact) mass is 301 g/mol. The Morgan fingerprint density at radius 3 is 2.85 bits per heavy atom. The van der Waals surface area contributed by atoms with Crippen LogP contribution in [-0.4, -0.2) is 56.7 Å². The molecule has 0 aromatic heterocycles. The molecule has 0 spiro atoms. The van der Waals surface area contributed by atoms with Crippen molar-refractivity contribution < 1.29 is 13.2 Å². The first-order valence-electron chi connectivity index (χ1n) is 7.53. The lowest BCUT2D eigenvalue weighted by molar-refractivity contribution is 0.00328. The molecule has 0 bridgehead atoms. The molecule has 20 heavy (non-hydrogen) atoms. The molecule has 2 rings (SSSR count). The van der Waals surface area contributed by atoms with Gasteiger partial charge in [-0.1, -0.05) is 11.6 Å². The molecule has 5 heteroatoms. The van der Waals surface area contributed by atoms with E-state index in [1.165, 1.54) is 24.7 Å². The molecule has 2 aliphatic heterocycles. The van der Waals surface area contributed by atoms with Crippen molar-refractivity contribution in [1.29, 1.82) is 0 Å². The zero-order valence-electron chi connectivity index (χ0n) is 12.9. The molecule has 4 nitrogen and oxygen atoms in total. The van der Waals surface area contributed by atoms with Crippen molar-refractivity contribution in [3.8, 4) is 0 Å². The van der Waals surface area contributed by atoms with Gasteiger partial charge >= 0.3 is 0 Å². The Labute approximate surface area is 123 Å². The first kappa shape index (κ1) is 16.0. The zero-order valence-corrected chi connectivity index (χ0v) is 13.7. The minimum Gasteiger partial charge on any atom is -0.377 e. The lowest BCUT2D eigenvalue weighted by Gasteiger charge is -2.32. The summed E-state index contributed by atoms with van der Waals surface area (Å²) in [6, 6.07) is 0. The number of hydrogen-bond donors (Lipinski definition) is 0. The number of rotatable bonds is 6. The quantitative estimate of drug-likeness (QED) is 0.704. The molecule has 0 saturated carbocycles. The number of sulfone groups is 1. The molecule has 0 amide bonds. The third kappa shape index (κ3) is 4.06. The zero-order chi connectivity index (χ0) is 14.8. The molecule has 0 aliphatic carbocycles. The van der Waals surface area contributed by atoms with E-state index < -0.39 is 9.84 Å². The fourth-order valence-electron chi connectivity index (χ4n) is 3.32. The fourth-order valence-corrected chi connectivity index (χ4v) is 3.86. The van der Waals surface area contributed by atoms with Crippen molar-refractivity contribution in [2.24, 2.45) is 0 Å². The van der Waals surface area contributed by atoms with Crippen molar-refractivity contribution in [3.05, 3.63) is 11.6 Å². The Kier molecular flexibility index (Phi) is 4.92. The van der Waals surface area contributed by atoms with Gasteiger partial charge in [0.25, 0.3) is 0 Å². The predicted octanol–water partition coefficient (Wildman–Crippen LogP) is 2.01. The van der Waals surface area contributed by atoms with E-state index in [0.717, 1.165) is 26.1 Å². The van der Waals surface area contributed by atoms with Crippen molar-refractivity contribution in [2.75, 3.05) is 31.7 Å². The average Bonchev–Trinajstić information content (AvgIpc) is 2.81. The van der Waals surface area contributed by atoms with Crippen LogP contribution in [0.3, 0.4) is 0 Å². The van der Waals surface area contributed by atoms with Crippen LogP contribution in [0, 0.1) is 0 Å². The van der Waals surface area contributed by atoms with Crippen LogP contribution in [0.15, 0.2) is 11.6 Å². The average molecular weight is 301 g/mol. The van der Waals surface area contributed by atoms with E-state index in [0.29, 0.717) is 6.42 Å². The lowest BCUT2D eigenvalue weighted by Crippen LogP contribution is -2.43. The summed E-state index contributed by atoms with van der Waals surface area (Å²) in [6.07, 6.45) is 7.84. The van der Waals surface area contributed by atoms with Gasteiger partial charge < -0.3 is 4.74 Å². The maximum absolute atomic E-state index is 11.2. The summed E-state index contributed by atoms with van der Waals surface area (Å²) in [5.41, 5.74) is 1.57. The molecule has 2 fully saturated rings. The highest BCUT2D eigenvalue weighted by atomic mass is 32.2. The molecular weight excluding hydrogens is 274 g/mol. The Hall–Kier alpha value is -0.390. The summed E-state index contributed by atoms with van der Waals surface area (Å²) < 4.78 is 28.2. The molecule has 2 saturated heterocycles. The van der Waals surface area contributed by atoms with Crippen molar-refractivity contribution in [3.63, 3.8) is 0 Å². The summed E-state index contributed by atoms with van der Waals surface area (Å²) >= 11 is 0. The number of fused-ring (bicyclic) bond motifs is 1. The van der Waals surface area contributed by atoms with Crippen LogP contribution in [0.1, 0.15) is 39.5 Å². The van der Waals surface area contributed by atoms with E-state index in [4.69, 9.17) is 4.74 Å². The maximum atomic E-state index is 11.2. The van der Waals surface area contributed by atoms with E-state index in [-0.39, 0.29) is 17.4 Å². The van der Waals surface area contributed by atoms with Crippen LogP contribution in [-0.2, 0) is 14.6 Å². The summed E-state index contributed by atoms with van der Waals surface area (Å²) in [5.74, 6) is 0.256. The second-order valence-corrected chi connectivity index (χ2v) is 8.83. The van der Waals surface area contributed by atoms with Crippen LogP contribution in [0.25, 0.3) is 0 Å². The Morgan fingerprint density at radius 1 is 1.45 bits per heavy atom. The van der Waals surface area contributed by atoms with E-state index >= 15 is 0 Å². The topological polar surface area (TPSA) is 46.6 Å². The standard InChI is InChI=1S/C15H27NO3S/c1-13(2)19-12-15-7-5-8-16(15)11-14(10-15)6-4-9-20(3,17)18/h6,13H,4-5,7-12H2,1-3H3/b14-6-/t15-/m0/s1. The molecule has 2 aliphatic rings. The van der Waals surface area contributed by atoms with E-state index in [1.54, 1.807) is 0 Å². The van der Waals surface area contributed by atoms with Crippen molar-refractivity contribution in [2.45, 2.75) is 51.2 Å². The summed E-state index contributed by atoms with van der Waals surface area (Å²) in [5, 5.41) is 0. The Balaban J connectivity index is 1.95. The molecule has 0 aromatic rings. The molecule has 0 N–H and O–H groups in total. The third-order valence-electron chi connectivity index (χ3n) is 4.30. The third-order valence-corrected chi connectivity index (χ3v) is 5.28. The van der Waals surface area contributed by atoms with Gasteiger partial charge in [-0.25, -0.2) is 8.42 Å². The molecule has 0 unspecified atom stereocenters. The van der Waals surface area contributed by atoms with Crippen LogP contribution >= 0.6 is 0 Å². The number of hydrogen-bond acceptors (Lipinski definition) is 4. The Morgan fingerprint density at radius 2 is 2.20 bits per heavy atom. The van der Waals surface area contributed by atoms with Gasteiger partial charge in [0.2, 0.25) is 0 Å². The van der Waals surface area contributed by atoms with Gasteiger partial charge in [-0.2, -0.15) is 0 Å². The number of nitrogens with zero attached hydrogens (tertiary/aromatic N) is 1. The summed E-state index contributed by atoms with van der Waals surface area (Å²) in [4.78, 5) is 2.53. The molecule has 116 valence electrons. The molecule has 0 aromatic carbocycles. The second-order valence-electron chi connectivity index (χ2n) is 6.57. The van der Waals surface area contributed by atoms with Gasteiger partial charge in [0.1, 0.15) is 9.84 Å². The smallest absolute Gasteiger partial charge is 0.147 e. The maximum Gasteiger partial charge on any atom is 0.147 e. The summed E-state index contributed by atoms with van der Waals surface area (Å²) in [7, 11) is -2.85. The lowest BCUT2D eigenvalue weighted by atomic mass is 9.93. The van der Waals surface area contributed by atoms with Gasteiger partial charge in [0, 0.05) is 18.3 Å². The molecule has 2 heterocycles. The van der Waals surface area contributed by atoms with Gasteiger partial charge in [0.15, 0.2) is 0 Å². The van der Waals surface area contributed by atoms with E-state index in [2.05, 4.69) is 24.8 Å². The number of ether oxygens (including phenoxy) is 1. The van der Waals surface area contributed by atoms with Gasteiger partial charge in [0.05, 0.1) is 18.5 Å². The van der Waals surface area contributed by atoms with E-state index in [1.807, 2.05) is 0 Å². The van der Waals surface area contributed by atoms with Crippen LogP contribution in [0.4, 0.5) is 0 Å². The van der Waals surface area contributed by atoms with Crippen LogP contribution in [0.5, 0.6) is 0 Å². The fraction of sp³-hybridized carbons (Fsp3) is 0.867. The largest absolute Gasteiger partial charge is 0.377 e. The minimum absolute atomic E-state index is 0.182. The number of allylic oxidation sites excluding steroid dienone is 1. The summed E-state index contributed by atoms with van der Waals surface area (Å²) in [6.45, 7) is 7.09. The van der Waals surface area contributed by atoms with Gasteiger partial charge in [-0.3, -0.25) is 4.90 Å². The predicted molar refractivity (Wildman–Crippen MR) is 81.7 cm³/mol. The van der Waals surface area contributed by atoms with Crippen LogP contribution < -0.4 is 0 Å². The normalized spacial score (nSPS) is 29.5. The van der Waals surface area contributed by atoms with Crippen molar-refractivity contribution in [1.82, 2.24) is 4.90 Å². The first-order valence-corrected chi connectivity index (χ1v) is 9.59. The SMILES string of the molecule is CC(C)OC[C@@]12CCCN1C/C(=C\CCS(C)(=O)=O)C2. The first-order chi connectivity index (χ1) is 9.31. The second kappa shape index (κ2) is 6.16.